The van der Waals surface area contributed by atoms with E-state index in [4.69, 9.17) is 5.26 Å². The molecule has 1 atom stereocenters. The number of hydrogen-bond donors (Lipinski definition) is 2. The van der Waals surface area contributed by atoms with E-state index in [1.165, 1.54) is 5.56 Å². The van der Waals surface area contributed by atoms with Crippen molar-refractivity contribution >= 4 is 5.69 Å². The monoisotopic (exact) mass is 280 g/mol. The Balaban J connectivity index is 2.04. The molecule has 0 radical (unpaired) electrons. The van der Waals surface area contributed by atoms with Crippen LogP contribution >= 0.6 is 0 Å². The molecule has 2 aromatic rings. The Kier molecular flexibility index (Phi) is 4.97. The molecule has 0 amide bonds. The molecule has 0 fully saturated rings. The number of rotatable bonds is 5. The fourth-order valence-corrected chi connectivity index (χ4v) is 2.27. The second-order valence-electron chi connectivity index (χ2n) is 5.37. The summed E-state index contributed by atoms with van der Waals surface area (Å²) in [5.74, 6) is 0.431. The lowest BCUT2D eigenvalue weighted by Gasteiger charge is -2.17. The fraction of sp³-hybridized carbons (Fsp3) is 0.278. The lowest BCUT2D eigenvalue weighted by Crippen LogP contribution is -2.13. The Bertz CT molecular complexity index is 626. The smallest absolute Gasteiger partial charge is 0.0991 e. The van der Waals surface area contributed by atoms with Crippen molar-refractivity contribution in [1.29, 1.82) is 5.26 Å². The summed E-state index contributed by atoms with van der Waals surface area (Å²) in [4.78, 5) is 0. The van der Waals surface area contributed by atoms with Gasteiger partial charge in [-0.3, -0.25) is 0 Å². The molecule has 0 heterocycles. The van der Waals surface area contributed by atoms with Crippen molar-refractivity contribution in [3.8, 4) is 6.07 Å². The molecule has 2 N–H and O–H groups in total. The zero-order valence-electron chi connectivity index (χ0n) is 12.4. The largest absolute Gasteiger partial charge is 0.387 e. The Morgan fingerprint density at radius 3 is 2.38 bits per heavy atom. The minimum absolute atomic E-state index is 0.431. The van der Waals surface area contributed by atoms with Gasteiger partial charge in [-0.1, -0.05) is 44.2 Å². The molecule has 0 aromatic heterocycles. The van der Waals surface area contributed by atoms with Crippen molar-refractivity contribution in [2.24, 2.45) is 0 Å². The maximum atomic E-state index is 10.2. The predicted octanol–water partition coefficient (Wildman–Crippen LogP) is 3.83. The quantitative estimate of drug-likeness (QED) is 0.875. The SMILES string of the molecule is CC(C)c1ccccc1NCC(O)c1ccc(C#N)cc1. The van der Waals surface area contributed by atoms with E-state index in [1.807, 2.05) is 18.2 Å². The van der Waals surface area contributed by atoms with Crippen LogP contribution in [0.3, 0.4) is 0 Å². The topological polar surface area (TPSA) is 56.0 Å². The van der Waals surface area contributed by atoms with Gasteiger partial charge in [-0.2, -0.15) is 5.26 Å². The number of aliphatic hydroxyl groups excluding tert-OH is 1. The second-order valence-corrected chi connectivity index (χ2v) is 5.37. The third-order valence-electron chi connectivity index (χ3n) is 3.49. The van der Waals surface area contributed by atoms with E-state index in [9.17, 15) is 5.11 Å². The third kappa shape index (κ3) is 3.84. The maximum absolute atomic E-state index is 10.2. The molecule has 1 unspecified atom stereocenters. The van der Waals surface area contributed by atoms with Crippen LogP contribution in [0.25, 0.3) is 0 Å². The number of benzene rings is 2. The first kappa shape index (κ1) is 15.1. The molecule has 0 saturated heterocycles. The van der Waals surface area contributed by atoms with Crippen molar-refractivity contribution < 1.29 is 5.11 Å². The average Bonchev–Trinajstić information content (AvgIpc) is 2.52. The molecule has 0 spiro atoms. The van der Waals surface area contributed by atoms with Crippen molar-refractivity contribution in [3.63, 3.8) is 0 Å². The molecule has 3 heteroatoms. The molecule has 0 bridgehead atoms. The number of nitrogens with zero attached hydrogens (tertiary/aromatic N) is 1. The fourth-order valence-electron chi connectivity index (χ4n) is 2.27. The summed E-state index contributed by atoms with van der Waals surface area (Å²) in [7, 11) is 0. The third-order valence-corrected chi connectivity index (χ3v) is 3.49. The lowest BCUT2D eigenvalue weighted by molar-refractivity contribution is 0.191. The van der Waals surface area contributed by atoms with Gasteiger partial charge >= 0.3 is 0 Å². The van der Waals surface area contributed by atoms with Gasteiger partial charge in [0.1, 0.15) is 0 Å². The predicted molar refractivity (Wildman–Crippen MR) is 85.1 cm³/mol. The summed E-state index contributed by atoms with van der Waals surface area (Å²) in [5, 5.41) is 22.3. The van der Waals surface area contributed by atoms with Crippen LogP contribution in [0.15, 0.2) is 48.5 Å². The minimum atomic E-state index is -0.599. The van der Waals surface area contributed by atoms with Crippen molar-refractivity contribution in [1.82, 2.24) is 0 Å². The van der Waals surface area contributed by atoms with E-state index in [2.05, 4.69) is 31.3 Å². The van der Waals surface area contributed by atoms with E-state index in [-0.39, 0.29) is 0 Å². The standard InChI is InChI=1S/C18H20N2O/c1-13(2)16-5-3-4-6-17(16)20-12-18(21)15-9-7-14(11-19)8-10-15/h3-10,13,18,20-21H,12H2,1-2H3. The average molecular weight is 280 g/mol. The first-order valence-electron chi connectivity index (χ1n) is 7.12. The molecule has 2 rings (SSSR count). The summed E-state index contributed by atoms with van der Waals surface area (Å²) in [6, 6.07) is 17.2. The molecule has 3 nitrogen and oxygen atoms in total. The maximum Gasteiger partial charge on any atom is 0.0991 e. The number of para-hydroxylation sites is 1. The van der Waals surface area contributed by atoms with Crippen LogP contribution in [-0.4, -0.2) is 11.7 Å². The highest BCUT2D eigenvalue weighted by Gasteiger charge is 2.10. The van der Waals surface area contributed by atoms with E-state index in [0.29, 0.717) is 18.0 Å². The van der Waals surface area contributed by atoms with Crippen LogP contribution in [-0.2, 0) is 0 Å². The van der Waals surface area contributed by atoms with Gasteiger partial charge in [-0.05, 0) is 35.2 Å². The van der Waals surface area contributed by atoms with Gasteiger partial charge in [0, 0.05) is 12.2 Å². The summed E-state index contributed by atoms with van der Waals surface area (Å²) >= 11 is 0. The van der Waals surface area contributed by atoms with E-state index in [1.54, 1.807) is 24.3 Å². The number of nitrogens with one attached hydrogen (secondary N) is 1. The Morgan fingerprint density at radius 1 is 1.10 bits per heavy atom. The molecule has 0 aliphatic rings. The van der Waals surface area contributed by atoms with Gasteiger partial charge in [0.05, 0.1) is 17.7 Å². The first-order chi connectivity index (χ1) is 10.1. The molecular weight excluding hydrogens is 260 g/mol. The Labute approximate surface area is 125 Å². The highest BCUT2D eigenvalue weighted by atomic mass is 16.3. The molecule has 0 aliphatic carbocycles. The Hall–Kier alpha value is -2.31. The summed E-state index contributed by atoms with van der Waals surface area (Å²) < 4.78 is 0. The number of anilines is 1. The highest BCUT2D eigenvalue weighted by Crippen LogP contribution is 2.24. The normalized spacial score (nSPS) is 12.0. The van der Waals surface area contributed by atoms with Gasteiger partial charge in [0.25, 0.3) is 0 Å². The van der Waals surface area contributed by atoms with Crippen LogP contribution < -0.4 is 5.32 Å². The lowest BCUT2D eigenvalue weighted by atomic mass is 10.0. The van der Waals surface area contributed by atoms with E-state index >= 15 is 0 Å². The van der Waals surface area contributed by atoms with Gasteiger partial charge < -0.3 is 10.4 Å². The van der Waals surface area contributed by atoms with Crippen LogP contribution in [0.4, 0.5) is 5.69 Å². The van der Waals surface area contributed by atoms with Crippen LogP contribution in [0.5, 0.6) is 0 Å². The second kappa shape index (κ2) is 6.92. The zero-order chi connectivity index (χ0) is 15.2. The number of aliphatic hydroxyl groups is 1. The summed E-state index contributed by atoms with van der Waals surface area (Å²) in [6.45, 7) is 4.74. The van der Waals surface area contributed by atoms with Gasteiger partial charge in [-0.25, -0.2) is 0 Å². The molecule has 108 valence electrons. The van der Waals surface area contributed by atoms with Crippen LogP contribution in [0.2, 0.25) is 0 Å². The molecular formula is C18H20N2O. The molecule has 21 heavy (non-hydrogen) atoms. The summed E-state index contributed by atoms with van der Waals surface area (Å²) in [6.07, 6.45) is -0.599. The zero-order valence-corrected chi connectivity index (χ0v) is 12.4. The summed E-state index contributed by atoms with van der Waals surface area (Å²) in [5.41, 5.74) is 3.71. The van der Waals surface area contributed by atoms with Gasteiger partial charge in [0.15, 0.2) is 0 Å². The molecule has 2 aromatic carbocycles. The number of hydrogen-bond acceptors (Lipinski definition) is 3. The van der Waals surface area contributed by atoms with Crippen LogP contribution in [0.1, 0.15) is 42.6 Å². The van der Waals surface area contributed by atoms with Crippen molar-refractivity contribution in [3.05, 3.63) is 65.2 Å². The highest BCUT2D eigenvalue weighted by molar-refractivity contribution is 5.52. The van der Waals surface area contributed by atoms with Gasteiger partial charge in [-0.15, -0.1) is 0 Å². The molecule has 0 aliphatic heterocycles. The van der Waals surface area contributed by atoms with E-state index < -0.39 is 6.10 Å². The van der Waals surface area contributed by atoms with Crippen LogP contribution in [0, 0.1) is 11.3 Å². The van der Waals surface area contributed by atoms with Crippen molar-refractivity contribution in [2.45, 2.75) is 25.9 Å². The number of nitriles is 1. The first-order valence-corrected chi connectivity index (χ1v) is 7.12. The Morgan fingerprint density at radius 2 is 1.76 bits per heavy atom. The minimum Gasteiger partial charge on any atom is -0.387 e. The van der Waals surface area contributed by atoms with Gasteiger partial charge in [0.2, 0.25) is 0 Å². The van der Waals surface area contributed by atoms with Crippen molar-refractivity contribution in [2.75, 3.05) is 11.9 Å². The molecule has 0 saturated carbocycles. The van der Waals surface area contributed by atoms with E-state index in [0.717, 1.165) is 11.3 Å².